The molecule has 132 valence electrons. The summed E-state index contributed by atoms with van der Waals surface area (Å²) in [4.78, 5) is 18.2. The first-order chi connectivity index (χ1) is 12.1. The van der Waals surface area contributed by atoms with Crippen LogP contribution in [0.15, 0.2) is 42.6 Å². The highest BCUT2D eigenvalue weighted by Crippen LogP contribution is 2.18. The van der Waals surface area contributed by atoms with Gasteiger partial charge >= 0.3 is 6.03 Å². The summed E-state index contributed by atoms with van der Waals surface area (Å²) >= 11 is 0. The molecule has 2 aromatic rings. The number of hydrogen-bond acceptors (Lipinski definition) is 3. The average molecular weight is 343 g/mol. The molecule has 0 bridgehead atoms. The van der Waals surface area contributed by atoms with E-state index in [0.29, 0.717) is 19.6 Å². The topological polar surface area (TPSA) is 54.5 Å². The molecule has 0 unspecified atom stereocenters. The second-order valence-corrected chi connectivity index (χ2v) is 6.22. The normalized spacial score (nSPS) is 15.0. The van der Waals surface area contributed by atoms with E-state index in [1.54, 1.807) is 23.2 Å². The molecule has 0 aliphatic carbocycles. The van der Waals surface area contributed by atoms with Crippen LogP contribution in [0.25, 0.3) is 0 Å². The molecule has 1 aliphatic rings. The number of urea groups is 1. The van der Waals surface area contributed by atoms with Gasteiger partial charge in [-0.15, -0.1) is 0 Å². The van der Waals surface area contributed by atoms with Gasteiger partial charge in [-0.3, -0.25) is 4.98 Å². The van der Waals surface area contributed by atoms with E-state index in [9.17, 15) is 9.18 Å². The van der Waals surface area contributed by atoms with Gasteiger partial charge < -0.3 is 15.0 Å². The van der Waals surface area contributed by atoms with Crippen LogP contribution in [0.5, 0.6) is 5.75 Å². The Morgan fingerprint density at radius 2 is 1.96 bits per heavy atom. The molecule has 3 rings (SSSR count). The van der Waals surface area contributed by atoms with Crippen molar-refractivity contribution in [3.05, 3.63) is 59.7 Å². The zero-order valence-electron chi connectivity index (χ0n) is 14.2. The number of rotatable bonds is 4. The van der Waals surface area contributed by atoms with Crippen molar-refractivity contribution in [2.75, 3.05) is 13.1 Å². The smallest absolute Gasteiger partial charge is 0.317 e. The monoisotopic (exact) mass is 343 g/mol. The molecule has 1 aromatic heterocycles. The summed E-state index contributed by atoms with van der Waals surface area (Å²) in [7, 11) is 0. The molecule has 0 spiro atoms. The molecule has 2 amide bonds. The highest BCUT2D eigenvalue weighted by Gasteiger charge is 2.23. The number of piperidine rings is 1. The molecular formula is C19H22FN3O2. The lowest BCUT2D eigenvalue weighted by Crippen LogP contribution is -2.46. The van der Waals surface area contributed by atoms with Crippen LogP contribution in [0, 0.1) is 12.7 Å². The van der Waals surface area contributed by atoms with Gasteiger partial charge in [-0.25, -0.2) is 9.18 Å². The van der Waals surface area contributed by atoms with E-state index in [1.165, 1.54) is 12.1 Å². The fourth-order valence-corrected chi connectivity index (χ4v) is 2.78. The minimum atomic E-state index is -0.277. The Kier molecular flexibility index (Phi) is 5.48. The number of likely N-dealkylation sites (tertiary alicyclic amines) is 1. The Balaban J connectivity index is 1.42. The lowest BCUT2D eigenvalue weighted by molar-refractivity contribution is 0.110. The van der Waals surface area contributed by atoms with Crippen molar-refractivity contribution in [1.29, 1.82) is 0 Å². The third kappa shape index (κ3) is 4.92. The lowest BCUT2D eigenvalue weighted by Gasteiger charge is -2.32. The number of benzene rings is 1. The highest BCUT2D eigenvalue weighted by molar-refractivity contribution is 5.74. The third-order valence-electron chi connectivity index (χ3n) is 4.27. The molecule has 1 N–H and O–H groups in total. The van der Waals surface area contributed by atoms with Crippen LogP contribution in [-0.2, 0) is 6.54 Å². The van der Waals surface area contributed by atoms with Crippen molar-refractivity contribution in [2.24, 2.45) is 0 Å². The summed E-state index contributed by atoms with van der Waals surface area (Å²) in [6.07, 6.45) is 3.41. The molecular weight excluding hydrogens is 321 g/mol. The van der Waals surface area contributed by atoms with E-state index in [2.05, 4.69) is 10.3 Å². The predicted octanol–water partition coefficient (Wildman–Crippen LogP) is 3.28. The lowest BCUT2D eigenvalue weighted by atomic mass is 10.1. The Bertz CT molecular complexity index is 696. The molecule has 5 nitrogen and oxygen atoms in total. The quantitative estimate of drug-likeness (QED) is 0.927. The van der Waals surface area contributed by atoms with Gasteiger partial charge in [0.1, 0.15) is 17.7 Å². The first-order valence-corrected chi connectivity index (χ1v) is 8.47. The molecule has 2 heterocycles. The van der Waals surface area contributed by atoms with Crippen molar-refractivity contribution in [3.8, 4) is 5.75 Å². The Morgan fingerprint density at radius 1 is 1.24 bits per heavy atom. The molecule has 6 heteroatoms. The maximum atomic E-state index is 12.9. The predicted molar refractivity (Wildman–Crippen MR) is 92.8 cm³/mol. The molecule has 1 fully saturated rings. The van der Waals surface area contributed by atoms with Gasteiger partial charge in [0.2, 0.25) is 0 Å². The fourth-order valence-electron chi connectivity index (χ4n) is 2.78. The molecule has 0 radical (unpaired) electrons. The molecule has 0 atom stereocenters. The van der Waals surface area contributed by atoms with Crippen molar-refractivity contribution in [1.82, 2.24) is 15.2 Å². The highest BCUT2D eigenvalue weighted by atomic mass is 19.1. The Labute approximate surface area is 146 Å². The minimum absolute atomic E-state index is 0.0974. The van der Waals surface area contributed by atoms with Crippen LogP contribution in [0.4, 0.5) is 9.18 Å². The SMILES string of the molecule is Cc1ccc(OC2CCN(C(=O)NCc3ccc(F)cc3)CC2)cn1. The summed E-state index contributed by atoms with van der Waals surface area (Å²) in [6.45, 7) is 3.63. The van der Waals surface area contributed by atoms with E-state index in [-0.39, 0.29) is 18.0 Å². The number of aromatic nitrogens is 1. The average Bonchev–Trinajstić information content (AvgIpc) is 2.63. The van der Waals surface area contributed by atoms with Crippen LogP contribution in [0.3, 0.4) is 0 Å². The molecule has 1 aliphatic heterocycles. The number of ether oxygens (including phenoxy) is 1. The van der Waals surface area contributed by atoms with Crippen molar-refractivity contribution < 1.29 is 13.9 Å². The van der Waals surface area contributed by atoms with E-state index < -0.39 is 0 Å². The van der Waals surface area contributed by atoms with E-state index in [0.717, 1.165) is 29.8 Å². The van der Waals surface area contributed by atoms with Crippen molar-refractivity contribution in [2.45, 2.75) is 32.4 Å². The molecule has 25 heavy (non-hydrogen) atoms. The first kappa shape index (κ1) is 17.2. The summed E-state index contributed by atoms with van der Waals surface area (Å²) in [5, 5.41) is 2.87. The van der Waals surface area contributed by atoms with Crippen LogP contribution in [-0.4, -0.2) is 35.1 Å². The number of amides is 2. The van der Waals surface area contributed by atoms with Gasteiger partial charge in [0.05, 0.1) is 6.20 Å². The second kappa shape index (κ2) is 7.96. The van der Waals surface area contributed by atoms with Crippen molar-refractivity contribution >= 4 is 6.03 Å². The Hall–Kier alpha value is -2.63. The van der Waals surface area contributed by atoms with Gasteiger partial charge in [-0.2, -0.15) is 0 Å². The summed E-state index contributed by atoms with van der Waals surface area (Å²) < 4.78 is 18.8. The number of carbonyl (C=O) groups excluding carboxylic acids is 1. The third-order valence-corrected chi connectivity index (χ3v) is 4.27. The van der Waals surface area contributed by atoms with Crippen LogP contribution < -0.4 is 10.1 Å². The maximum Gasteiger partial charge on any atom is 0.317 e. The zero-order chi connectivity index (χ0) is 17.6. The Morgan fingerprint density at radius 3 is 2.60 bits per heavy atom. The summed E-state index contributed by atoms with van der Waals surface area (Å²) in [6, 6.07) is 9.88. The van der Waals surface area contributed by atoms with Crippen LogP contribution in [0.2, 0.25) is 0 Å². The van der Waals surface area contributed by atoms with Crippen LogP contribution >= 0.6 is 0 Å². The number of aryl methyl sites for hydroxylation is 1. The minimum Gasteiger partial charge on any atom is -0.489 e. The van der Waals surface area contributed by atoms with Gasteiger partial charge in [0, 0.05) is 38.2 Å². The number of hydrogen-bond donors (Lipinski definition) is 1. The number of halogens is 1. The summed E-state index contributed by atoms with van der Waals surface area (Å²) in [5.74, 6) is 0.491. The van der Waals surface area contributed by atoms with Crippen LogP contribution in [0.1, 0.15) is 24.1 Å². The molecule has 0 saturated carbocycles. The standard InChI is InChI=1S/C19H22FN3O2/c1-14-2-7-18(13-21-14)25-17-8-10-23(11-9-17)19(24)22-12-15-3-5-16(20)6-4-15/h2-7,13,17H,8-12H2,1H3,(H,22,24). The maximum absolute atomic E-state index is 12.9. The number of carbonyl (C=O) groups is 1. The first-order valence-electron chi connectivity index (χ1n) is 8.47. The van der Waals surface area contributed by atoms with Gasteiger partial charge in [0.25, 0.3) is 0 Å². The van der Waals surface area contributed by atoms with E-state index >= 15 is 0 Å². The van der Waals surface area contributed by atoms with Gasteiger partial charge in [0.15, 0.2) is 0 Å². The zero-order valence-corrected chi connectivity index (χ0v) is 14.2. The number of nitrogens with zero attached hydrogens (tertiary/aromatic N) is 2. The summed E-state index contributed by atoms with van der Waals surface area (Å²) in [5.41, 5.74) is 1.83. The largest absolute Gasteiger partial charge is 0.489 e. The second-order valence-electron chi connectivity index (χ2n) is 6.22. The van der Waals surface area contributed by atoms with Gasteiger partial charge in [-0.1, -0.05) is 12.1 Å². The molecule has 1 aromatic carbocycles. The van der Waals surface area contributed by atoms with Crippen molar-refractivity contribution in [3.63, 3.8) is 0 Å². The fraction of sp³-hybridized carbons (Fsp3) is 0.368. The van der Waals surface area contributed by atoms with E-state index in [4.69, 9.17) is 4.74 Å². The van der Waals surface area contributed by atoms with E-state index in [1.807, 2.05) is 19.1 Å². The number of nitrogens with one attached hydrogen (secondary N) is 1. The number of pyridine rings is 1. The molecule has 1 saturated heterocycles. The van der Waals surface area contributed by atoms with Gasteiger partial charge in [-0.05, 0) is 36.8 Å².